The number of anilines is 2. The van der Waals surface area contributed by atoms with E-state index in [0.29, 0.717) is 23.9 Å². The largest absolute Gasteiger partial charge is 0.457 e. The molecule has 2 aromatic carbocycles. The first-order chi connectivity index (χ1) is 16.9. The predicted molar refractivity (Wildman–Crippen MR) is 134 cm³/mol. The number of amides is 3. The Kier molecular flexibility index (Phi) is 7.71. The van der Waals surface area contributed by atoms with Gasteiger partial charge in [0.2, 0.25) is 17.7 Å². The zero-order valence-electron chi connectivity index (χ0n) is 19.4. The molecule has 182 valence electrons. The molecule has 0 saturated carbocycles. The third-order valence-corrected chi connectivity index (χ3v) is 6.47. The Hall–Kier alpha value is -3.79. The molecule has 0 spiro atoms. The zero-order valence-corrected chi connectivity index (χ0v) is 20.2. The number of aromatic nitrogens is 1. The molecule has 2 heterocycles. The number of thioether (sulfide) groups is 1. The minimum absolute atomic E-state index is 0.0599. The molecule has 9 nitrogen and oxygen atoms in total. The third kappa shape index (κ3) is 6.63. The summed E-state index contributed by atoms with van der Waals surface area (Å²) in [5, 5.41) is 8.81. The maximum absolute atomic E-state index is 12.5. The van der Waals surface area contributed by atoms with E-state index in [1.807, 2.05) is 54.6 Å². The highest BCUT2D eigenvalue weighted by molar-refractivity contribution is 8.01. The van der Waals surface area contributed by atoms with Gasteiger partial charge in [-0.1, -0.05) is 23.4 Å². The van der Waals surface area contributed by atoms with Crippen molar-refractivity contribution in [3.05, 3.63) is 66.4 Å². The van der Waals surface area contributed by atoms with Gasteiger partial charge < -0.3 is 24.8 Å². The first-order valence-corrected chi connectivity index (χ1v) is 12.2. The van der Waals surface area contributed by atoms with Crippen LogP contribution in [-0.4, -0.2) is 46.5 Å². The average molecular weight is 495 g/mol. The summed E-state index contributed by atoms with van der Waals surface area (Å²) >= 11 is 1.21. The van der Waals surface area contributed by atoms with Crippen molar-refractivity contribution in [3.63, 3.8) is 0 Å². The summed E-state index contributed by atoms with van der Waals surface area (Å²) in [7, 11) is 0. The predicted octanol–water partition coefficient (Wildman–Crippen LogP) is 3.76. The van der Waals surface area contributed by atoms with Gasteiger partial charge >= 0.3 is 0 Å². The van der Waals surface area contributed by atoms with Crippen LogP contribution in [0.5, 0.6) is 11.5 Å². The molecular weight excluding hydrogens is 468 g/mol. The number of carbonyl (C=O) groups excluding carboxylic acids is 3. The van der Waals surface area contributed by atoms with E-state index < -0.39 is 5.25 Å². The first kappa shape index (κ1) is 24.3. The number of nitrogens with zero attached hydrogens (tertiary/aromatic N) is 2. The quantitative estimate of drug-likeness (QED) is 0.466. The molecule has 10 heteroatoms. The van der Waals surface area contributed by atoms with Gasteiger partial charge in [0.15, 0.2) is 5.82 Å². The van der Waals surface area contributed by atoms with Crippen molar-refractivity contribution >= 4 is 41.0 Å². The van der Waals surface area contributed by atoms with Crippen molar-refractivity contribution in [3.8, 4) is 11.5 Å². The molecule has 0 bridgehead atoms. The van der Waals surface area contributed by atoms with Crippen LogP contribution in [0.4, 0.5) is 11.5 Å². The molecule has 35 heavy (non-hydrogen) atoms. The summed E-state index contributed by atoms with van der Waals surface area (Å²) < 4.78 is 10.7. The molecule has 3 amide bonds. The molecule has 1 aliphatic rings. The molecule has 1 fully saturated rings. The van der Waals surface area contributed by atoms with Crippen molar-refractivity contribution in [2.75, 3.05) is 22.5 Å². The number of rotatable bonds is 9. The average Bonchev–Trinajstić information content (AvgIpc) is 3.42. The summed E-state index contributed by atoms with van der Waals surface area (Å²) in [6.07, 6.45) is 0.222. The lowest BCUT2D eigenvalue weighted by Crippen LogP contribution is -2.38. The van der Waals surface area contributed by atoms with Crippen LogP contribution in [0.25, 0.3) is 0 Å². The second kappa shape index (κ2) is 11.1. The van der Waals surface area contributed by atoms with E-state index in [-0.39, 0.29) is 35.9 Å². The van der Waals surface area contributed by atoms with Crippen molar-refractivity contribution in [1.82, 2.24) is 10.5 Å². The monoisotopic (exact) mass is 494 g/mol. The molecule has 1 saturated heterocycles. The third-order valence-electron chi connectivity index (χ3n) is 5.33. The van der Waals surface area contributed by atoms with E-state index in [0.717, 1.165) is 11.4 Å². The van der Waals surface area contributed by atoms with Gasteiger partial charge in [0.1, 0.15) is 17.3 Å². The van der Waals surface area contributed by atoms with Gasteiger partial charge in [0, 0.05) is 24.7 Å². The smallest absolute Gasteiger partial charge is 0.238 e. The lowest BCUT2D eigenvalue weighted by atomic mass is 10.2. The standard InChI is InChI=1S/C25H26N4O5S/c1-16-12-22(28-34-16)27-25(32)17(2)35-15-23(30)26-18-13-24(31)29(14-18)19-8-10-21(11-9-19)33-20-6-4-3-5-7-20/h3-12,17-18H,13-15H2,1-2H3,(H,26,30)(H,27,28,32). The molecular formula is C25H26N4O5S. The van der Waals surface area contributed by atoms with Crippen molar-refractivity contribution in [2.45, 2.75) is 31.6 Å². The van der Waals surface area contributed by atoms with Gasteiger partial charge in [-0.2, -0.15) is 0 Å². The van der Waals surface area contributed by atoms with E-state index in [9.17, 15) is 14.4 Å². The summed E-state index contributed by atoms with van der Waals surface area (Å²) in [5.74, 6) is 1.89. The van der Waals surface area contributed by atoms with E-state index in [4.69, 9.17) is 9.26 Å². The number of para-hydroxylation sites is 1. The van der Waals surface area contributed by atoms with E-state index in [1.54, 1.807) is 24.8 Å². The summed E-state index contributed by atoms with van der Waals surface area (Å²) in [4.78, 5) is 38.9. The molecule has 3 aromatic rings. The fourth-order valence-electron chi connectivity index (χ4n) is 3.57. The van der Waals surface area contributed by atoms with E-state index in [1.165, 1.54) is 11.8 Å². The molecule has 2 atom stereocenters. The minimum Gasteiger partial charge on any atom is -0.457 e. The molecule has 4 rings (SSSR count). The second-order valence-electron chi connectivity index (χ2n) is 8.15. The highest BCUT2D eigenvalue weighted by Crippen LogP contribution is 2.27. The number of hydrogen-bond donors (Lipinski definition) is 2. The Labute approximate surface area is 207 Å². The maximum Gasteiger partial charge on any atom is 0.238 e. The van der Waals surface area contributed by atoms with Crippen molar-refractivity contribution < 1.29 is 23.6 Å². The van der Waals surface area contributed by atoms with Crippen LogP contribution in [0.1, 0.15) is 19.1 Å². The Bertz CT molecular complexity index is 1180. The van der Waals surface area contributed by atoms with E-state index in [2.05, 4.69) is 15.8 Å². The summed E-state index contributed by atoms with van der Waals surface area (Å²) in [6, 6.07) is 18.1. The van der Waals surface area contributed by atoms with Crippen LogP contribution in [0.2, 0.25) is 0 Å². The molecule has 2 unspecified atom stereocenters. The lowest BCUT2D eigenvalue weighted by Gasteiger charge is -2.18. The first-order valence-electron chi connectivity index (χ1n) is 11.2. The van der Waals surface area contributed by atoms with Gasteiger partial charge in [-0.3, -0.25) is 14.4 Å². The Balaban J connectivity index is 1.23. The van der Waals surface area contributed by atoms with Crippen molar-refractivity contribution in [1.29, 1.82) is 0 Å². The van der Waals surface area contributed by atoms with Crippen LogP contribution < -0.4 is 20.3 Å². The molecule has 0 radical (unpaired) electrons. The normalized spacial score (nSPS) is 16.1. The Morgan fingerprint density at radius 1 is 1.17 bits per heavy atom. The minimum atomic E-state index is -0.462. The molecule has 0 aliphatic carbocycles. The number of ether oxygens (including phenoxy) is 1. The molecule has 2 N–H and O–H groups in total. The SMILES string of the molecule is Cc1cc(NC(=O)C(C)SCC(=O)NC2CC(=O)N(c3ccc(Oc4ccccc4)cc3)C2)no1. The molecule has 1 aliphatic heterocycles. The molecule has 1 aromatic heterocycles. The van der Waals surface area contributed by atoms with Gasteiger partial charge in [0.25, 0.3) is 0 Å². The van der Waals surface area contributed by atoms with E-state index >= 15 is 0 Å². The number of nitrogens with one attached hydrogen (secondary N) is 2. The highest BCUT2D eigenvalue weighted by atomic mass is 32.2. The van der Waals surface area contributed by atoms with Gasteiger partial charge in [-0.25, -0.2) is 0 Å². The number of hydrogen-bond acceptors (Lipinski definition) is 7. The summed E-state index contributed by atoms with van der Waals surface area (Å²) in [6.45, 7) is 3.83. The fraction of sp³-hybridized carbons (Fsp3) is 0.280. The number of carbonyl (C=O) groups is 3. The van der Waals surface area contributed by atoms with Crippen LogP contribution in [0, 0.1) is 6.92 Å². The van der Waals surface area contributed by atoms with Gasteiger partial charge in [-0.05, 0) is 50.2 Å². The Morgan fingerprint density at radius 2 is 1.89 bits per heavy atom. The fourth-order valence-corrected chi connectivity index (χ4v) is 4.27. The number of aryl methyl sites for hydroxylation is 1. The second-order valence-corrected chi connectivity index (χ2v) is 9.48. The van der Waals surface area contributed by atoms with Crippen LogP contribution in [0.15, 0.2) is 65.2 Å². The topological polar surface area (TPSA) is 114 Å². The van der Waals surface area contributed by atoms with Gasteiger partial charge in [0.05, 0.1) is 17.0 Å². The van der Waals surface area contributed by atoms with Gasteiger partial charge in [-0.15, -0.1) is 11.8 Å². The Morgan fingerprint density at radius 3 is 2.57 bits per heavy atom. The van der Waals surface area contributed by atoms with Crippen molar-refractivity contribution in [2.24, 2.45) is 0 Å². The summed E-state index contributed by atoms with van der Waals surface area (Å²) in [5.41, 5.74) is 0.745. The highest BCUT2D eigenvalue weighted by Gasteiger charge is 2.31. The van der Waals surface area contributed by atoms with Crippen LogP contribution in [0.3, 0.4) is 0 Å². The lowest BCUT2D eigenvalue weighted by molar-refractivity contribution is -0.119. The van der Waals surface area contributed by atoms with Crippen LogP contribution in [-0.2, 0) is 14.4 Å². The zero-order chi connectivity index (χ0) is 24.8. The maximum atomic E-state index is 12.5. The number of benzene rings is 2. The van der Waals surface area contributed by atoms with Crippen LogP contribution >= 0.6 is 11.8 Å².